The zero-order valence-electron chi connectivity index (χ0n) is 17.4. The highest BCUT2D eigenvalue weighted by Crippen LogP contribution is 2.35. The maximum Gasteiger partial charge on any atom is 0.253 e. The average molecular weight is 421 g/mol. The predicted octanol–water partition coefficient (Wildman–Crippen LogP) is 2.85. The first-order valence-electron chi connectivity index (χ1n) is 9.22. The number of rotatable bonds is 9. The largest absolute Gasteiger partial charge is 0.493 e. The predicted molar refractivity (Wildman–Crippen MR) is 114 cm³/mol. The summed E-state index contributed by atoms with van der Waals surface area (Å²) in [5.74, 6) is 0.309. The molecular weight excluding hydrogens is 392 g/mol. The number of aryl methyl sites for hydroxylation is 1. The highest BCUT2D eigenvalue weighted by atomic mass is 32.2. The number of benzene rings is 2. The first kappa shape index (κ1) is 22.5. The third kappa shape index (κ3) is 5.87. The molecule has 8 heteroatoms. The number of hydrogen-bond donors (Lipinski definition) is 1. The Kier molecular flexibility index (Phi) is 7.50. The van der Waals surface area contributed by atoms with E-state index in [1.807, 2.05) is 37.3 Å². The smallest absolute Gasteiger partial charge is 0.253 e. The van der Waals surface area contributed by atoms with Gasteiger partial charge in [0.1, 0.15) is 0 Å². The van der Waals surface area contributed by atoms with Gasteiger partial charge >= 0.3 is 0 Å². The van der Waals surface area contributed by atoms with E-state index < -0.39 is 10.0 Å². The van der Waals surface area contributed by atoms with Gasteiger partial charge in [-0.2, -0.15) is 0 Å². The first-order chi connectivity index (χ1) is 13.7. The second-order valence-electron chi connectivity index (χ2n) is 6.85. The Morgan fingerprint density at radius 1 is 1.10 bits per heavy atom. The fraction of sp³-hybridized carbons (Fsp3) is 0.381. The lowest BCUT2D eigenvalue weighted by molar-refractivity contribution is 0.0938. The summed E-state index contributed by atoms with van der Waals surface area (Å²) in [5, 5.41) is 2.95. The molecular formula is C21H28N2O5S. The maximum atomic E-state index is 13.0. The van der Waals surface area contributed by atoms with Crippen LogP contribution in [0.3, 0.4) is 0 Å². The van der Waals surface area contributed by atoms with E-state index in [2.05, 4.69) is 5.32 Å². The number of carbonyl (C=O) groups is 1. The fourth-order valence-electron chi connectivity index (χ4n) is 2.89. The van der Waals surface area contributed by atoms with Crippen molar-refractivity contribution >= 4 is 21.6 Å². The van der Waals surface area contributed by atoms with Gasteiger partial charge in [0.2, 0.25) is 10.0 Å². The third-order valence-corrected chi connectivity index (χ3v) is 5.86. The third-order valence-electron chi connectivity index (χ3n) is 4.67. The molecule has 2 rings (SSSR count). The van der Waals surface area contributed by atoms with Crippen LogP contribution in [-0.4, -0.2) is 47.9 Å². The molecule has 1 unspecified atom stereocenters. The van der Waals surface area contributed by atoms with Crippen LogP contribution >= 0.6 is 0 Å². The van der Waals surface area contributed by atoms with Crippen molar-refractivity contribution in [1.29, 1.82) is 0 Å². The Labute approximate surface area is 172 Å². The minimum Gasteiger partial charge on any atom is -0.493 e. The summed E-state index contributed by atoms with van der Waals surface area (Å²) in [6.07, 6.45) is 2.65. The molecule has 0 saturated carbocycles. The molecule has 29 heavy (non-hydrogen) atoms. The van der Waals surface area contributed by atoms with Crippen LogP contribution in [0.5, 0.6) is 11.5 Å². The summed E-state index contributed by atoms with van der Waals surface area (Å²) in [7, 11) is 0.733. The number of ether oxygens (including phenoxy) is 2. The zero-order chi connectivity index (χ0) is 21.6. The molecule has 1 atom stereocenters. The Bertz CT molecular complexity index is 945. The van der Waals surface area contributed by atoms with E-state index in [0.717, 1.165) is 23.4 Å². The minimum atomic E-state index is -3.57. The van der Waals surface area contributed by atoms with E-state index >= 15 is 0 Å². The van der Waals surface area contributed by atoms with Crippen molar-refractivity contribution in [2.75, 3.05) is 31.8 Å². The van der Waals surface area contributed by atoms with E-state index in [1.165, 1.54) is 39.0 Å². The van der Waals surface area contributed by atoms with Gasteiger partial charge in [-0.25, -0.2) is 8.42 Å². The molecule has 2 aromatic carbocycles. The van der Waals surface area contributed by atoms with E-state index in [0.29, 0.717) is 11.5 Å². The monoisotopic (exact) mass is 420 g/mol. The van der Waals surface area contributed by atoms with Gasteiger partial charge in [0.15, 0.2) is 11.5 Å². The molecule has 0 aliphatic rings. The normalized spacial score (nSPS) is 12.2. The van der Waals surface area contributed by atoms with Gasteiger partial charge in [-0.1, -0.05) is 30.3 Å². The van der Waals surface area contributed by atoms with Crippen molar-refractivity contribution in [3.8, 4) is 11.5 Å². The van der Waals surface area contributed by atoms with Crippen LogP contribution in [0.15, 0.2) is 42.5 Å². The van der Waals surface area contributed by atoms with E-state index in [9.17, 15) is 13.2 Å². The summed E-state index contributed by atoms with van der Waals surface area (Å²) < 4.78 is 35.7. The molecule has 0 heterocycles. The SMILES string of the molecule is COc1cc(C(=O)NC(C)CCc2ccccc2)c(N(C)S(C)(=O)=O)cc1OC. The Balaban J connectivity index is 2.27. The molecule has 0 saturated heterocycles. The van der Waals surface area contributed by atoms with Crippen LogP contribution in [-0.2, 0) is 16.4 Å². The second-order valence-corrected chi connectivity index (χ2v) is 8.87. The molecule has 0 radical (unpaired) electrons. The lowest BCUT2D eigenvalue weighted by Gasteiger charge is -2.23. The molecule has 158 valence electrons. The first-order valence-corrected chi connectivity index (χ1v) is 11.1. The molecule has 0 spiro atoms. The Morgan fingerprint density at radius 3 is 2.24 bits per heavy atom. The molecule has 0 aliphatic heterocycles. The number of amides is 1. The molecule has 0 aromatic heterocycles. The molecule has 1 N–H and O–H groups in total. The van der Waals surface area contributed by atoms with Gasteiger partial charge in [-0.05, 0) is 31.4 Å². The van der Waals surface area contributed by atoms with E-state index in [-0.39, 0.29) is 23.2 Å². The van der Waals surface area contributed by atoms with Crippen molar-refractivity contribution in [3.63, 3.8) is 0 Å². The van der Waals surface area contributed by atoms with Gasteiger partial charge < -0.3 is 14.8 Å². The zero-order valence-corrected chi connectivity index (χ0v) is 18.2. The number of hydrogen-bond acceptors (Lipinski definition) is 5. The lowest BCUT2D eigenvalue weighted by atomic mass is 10.1. The van der Waals surface area contributed by atoms with Crippen LogP contribution in [0.1, 0.15) is 29.3 Å². The fourth-order valence-corrected chi connectivity index (χ4v) is 3.40. The van der Waals surface area contributed by atoms with Crippen molar-refractivity contribution < 1.29 is 22.7 Å². The summed E-state index contributed by atoms with van der Waals surface area (Å²) in [4.78, 5) is 13.0. The molecule has 1 amide bonds. The van der Waals surface area contributed by atoms with Crippen molar-refractivity contribution in [3.05, 3.63) is 53.6 Å². The minimum absolute atomic E-state index is 0.104. The molecule has 2 aromatic rings. The summed E-state index contributed by atoms with van der Waals surface area (Å²) in [6.45, 7) is 1.92. The second kappa shape index (κ2) is 9.65. The standard InChI is InChI=1S/C21H28N2O5S/c1-15(11-12-16-9-7-6-8-10-16)22-21(24)17-13-19(27-3)20(28-4)14-18(17)23(2)29(5,25)26/h6-10,13-15H,11-12H2,1-5H3,(H,22,24). The van der Waals surface area contributed by atoms with Gasteiger partial charge in [-0.15, -0.1) is 0 Å². The summed E-state index contributed by atoms with van der Waals surface area (Å²) in [5.41, 5.74) is 1.61. The van der Waals surface area contributed by atoms with Crippen LogP contribution in [0, 0.1) is 0 Å². The van der Waals surface area contributed by atoms with E-state index in [4.69, 9.17) is 9.47 Å². The van der Waals surface area contributed by atoms with Gasteiger partial charge in [-0.3, -0.25) is 9.10 Å². The van der Waals surface area contributed by atoms with Gasteiger partial charge in [0.25, 0.3) is 5.91 Å². The number of sulfonamides is 1. The Morgan fingerprint density at radius 2 is 1.69 bits per heavy atom. The average Bonchev–Trinajstić information content (AvgIpc) is 2.70. The molecule has 7 nitrogen and oxygen atoms in total. The molecule has 0 fully saturated rings. The summed E-state index contributed by atoms with van der Waals surface area (Å²) in [6, 6.07) is 12.9. The topological polar surface area (TPSA) is 84.9 Å². The van der Waals surface area contributed by atoms with Crippen molar-refractivity contribution in [2.45, 2.75) is 25.8 Å². The molecule has 0 bridgehead atoms. The number of methoxy groups -OCH3 is 2. The quantitative estimate of drug-likeness (QED) is 0.674. The van der Waals surface area contributed by atoms with Crippen LogP contribution in [0.2, 0.25) is 0 Å². The highest BCUT2D eigenvalue weighted by Gasteiger charge is 2.24. The number of nitrogens with one attached hydrogen (secondary N) is 1. The van der Waals surface area contributed by atoms with Gasteiger partial charge in [0, 0.05) is 19.2 Å². The van der Waals surface area contributed by atoms with Crippen LogP contribution in [0.4, 0.5) is 5.69 Å². The number of carbonyl (C=O) groups excluding carboxylic acids is 1. The number of anilines is 1. The van der Waals surface area contributed by atoms with Gasteiger partial charge in [0.05, 0.1) is 31.7 Å². The van der Waals surface area contributed by atoms with Crippen LogP contribution < -0.4 is 19.1 Å². The van der Waals surface area contributed by atoms with Crippen LogP contribution in [0.25, 0.3) is 0 Å². The summed E-state index contributed by atoms with van der Waals surface area (Å²) >= 11 is 0. The van der Waals surface area contributed by atoms with E-state index in [1.54, 1.807) is 0 Å². The Hall–Kier alpha value is -2.74. The van der Waals surface area contributed by atoms with Crippen molar-refractivity contribution in [1.82, 2.24) is 5.32 Å². The lowest BCUT2D eigenvalue weighted by Crippen LogP contribution is -2.35. The molecule has 0 aliphatic carbocycles. The maximum absolute atomic E-state index is 13.0. The number of nitrogens with zero attached hydrogens (tertiary/aromatic N) is 1. The highest BCUT2D eigenvalue weighted by molar-refractivity contribution is 7.92. The van der Waals surface area contributed by atoms with Crippen molar-refractivity contribution in [2.24, 2.45) is 0 Å².